The van der Waals surface area contributed by atoms with Crippen molar-refractivity contribution < 1.29 is 9.59 Å². The van der Waals surface area contributed by atoms with Crippen molar-refractivity contribution in [3.63, 3.8) is 0 Å². The lowest BCUT2D eigenvalue weighted by Gasteiger charge is -2.12. The van der Waals surface area contributed by atoms with Gasteiger partial charge in [0.25, 0.3) is 5.91 Å². The lowest BCUT2D eigenvalue weighted by molar-refractivity contribution is -0.122. The van der Waals surface area contributed by atoms with Gasteiger partial charge in [0.05, 0.1) is 4.88 Å². The Balaban J connectivity index is 1.86. The first-order chi connectivity index (χ1) is 8.06. The van der Waals surface area contributed by atoms with Gasteiger partial charge in [-0.2, -0.15) is 0 Å². The van der Waals surface area contributed by atoms with E-state index in [1.165, 1.54) is 11.3 Å². The van der Waals surface area contributed by atoms with Gasteiger partial charge in [-0.15, -0.1) is 24.0 Å². The van der Waals surface area contributed by atoms with Crippen molar-refractivity contribution in [1.29, 1.82) is 0 Å². The Hall–Kier alpha value is -1.01. The predicted octanol–water partition coefficient (Wildman–Crippen LogP) is 1.43. The molecule has 1 fully saturated rings. The molecule has 1 aliphatic carbocycles. The molecule has 1 saturated carbocycles. The largest absolute Gasteiger partial charge is 0.352 e. The van der Waals surface area contributed by atoms with Crippen molar-refractivity contribution in [2.75, 3.05) is 0 Å². The highest BCUT2D eigenvalue weighted by Crippen LogP contribution is 2.19. The lowest BCUT2D eigenvalue weighted by atomic mass is 10.3. The van der Waals surface area contributed by atoms with Gasteiger partial charge < -0.3 is 10.6 Å². The predicted molar refractivity (Wildman–Crippen MR) is 69.7 cm³/mol. The molecule has 92 valence electrons. The van der Waals surface area contributed by atoms with Crippen LogP contribution in [0.1, 0.15) is 29.4 Å². The molecule has 0 radical (unpaired) electrons. The smallest absolute Gasteiger partial charge is 0.262 e. The van der Waals surface area contributed by atoms with E-state index in [1.54, 1.807) is 18.4 Å². The molecule has 17 heavy (non-hydrogen) atoms. The molecule has 1 aromatic heterocycles. The Kier molecular flexibility index (Phi) is 3.73. The Bertz CT molecular complexity index is 440. The molecule has 0 spiro atoms. The van der Waals surface area contributed by atoms with E-state index < -0.39 is 6.04 Å². The highest BCUT2D eigenvalue weighted by molar-refractivity contribution is 7.80. The molecule has 2 rings (SSSR count). The lowest BCUT2D eigenvalue weighted by Crippen LogP contribution is -2.45. The van der Waals surface area contributed by atoms with E-state index in [2.05, 4.69) is 23.3 Å². The van der Waals surface area contributed by atoms with Crippen LogP contribution in [0, 0.1) is 0 Å². The Morgan fingerprint density at radius 2 is 2.24 bits per heavy atom. The zero-order valence-corrected chi connectivity index (χ0v) is 11.1. The maximum Gasteiger partial charge on any atom is 0.262 e. The summed E-state index contributed by atoms with van der Waals surface area (Å²) in [5.74, 6) is -0.350. The molecule has 1 aromatic rings. The van der Waals surface area contributed by atoms with E-state index in [0.717, 1.165) is 17.7 Å². The Morgan fingerprint density at radius 1 is 1.53 bits per heavy atom. The fourth-order valence-electron chi connectivity index (χ4n) is 1.33. The average Bonchev–Trinajstić information content (AvgIpc) is 2.97. The number of carbonyl (C=O) groups excluding carboxylic acids is 2. The molecule has 1 aliphatic rings. The number of amides is 2. The van der Waals surface area contributed by atoms with Crippen LogP contribution in [0.15, 0.2) is 16.3 Å². The van der Waals surface area contributed by atoms with Crippen LogP contribution in [0.3, 0.4) is 0 Å². The fraction of sp³-hybridized carbons (Fsp3) is 0.455. The Morgan fingerprint density at radius 3 is 2.76 bits per heavy atom. The summed E-state index contributed by atoms with van der Waals surface area (Å²) in [5, 5.41) is 7.30. The van der Waals surface area contributed by atoms with Crippen molar-refractivity contribution in [1.82, 2.24) is 10.6 Å². The standard InChI is InChI=1S/C11H14N2O2S2/c1-6(10(14)13-7-2-3-7)12-11(15)9-4-8(16)5-17-9/h4-7,16H,2-3H2,1H3,(H,12,15)(H,13,14). The quantitative estimate of drug-likeness (QED) is 0.725. The van der Waals surface area contributed by atoms with Crippen molar-refractivity contribution in [2.45, 2.75) is 36.7 Å². The number of nitrogens with one attached hydrogen (secondary N) is 2. The fourth-order valence-corrected chi connectivity index (χ4v) is 2.38. The Labute approximate surface area is 109 Å². The molecule has 4 nitrogen and oxygen atoms in total. The molecule has 1 atom stereocenters. The van der Waals surface area contributed by atoms with Crippen molar-refractivity contribution in [3.8, 4) is 0 Å². The maximum atomic E-state index is 11.8. The van der Waals surface area contributed by atoms with Crippen LogP contribution in [0.4, 0.5) is 0 Å². The van der Waals surface area contributed by atoms with E-state index in [-0.39, 0.29) is 11.8 Å². The molecule has 0 bridgehead atoms. The molecular weight excluding hydrogens is 256 g/mol. The summed E-state index contributed by atoms with van der Waals surface area (Å²) >= 11 is 5.45. The van der Waals surface area contributed by atoms with E-state index in [9.17, 15) is 9.59 Å². The second-order valence-electron chi connectivity index (χ2n) is 4.15. The van der Waals surface area contributed by atoms with Crippen LogP contribution < -0.4 is 10.6 Å². The number of thiol groups is 1. The summed E-state index contributed by atoms with van der Waals surface area (Å²) in [6.07, 6.45) is 2.08. The van der Waals surface area contributed by atoms with Gasteiger partial charge in [0.1, 0.15) is 6.04 Å². The van der Waals surface area contributed by atoms with Crippen molar-refractivity contribution in [2.24, 2.45) is 0 Å². The third-order valence-corrected chi connectivity index (χ3v) is 3.84. The topological polar surface area (TPSA) is 58.2 Å². The average molecular weight is 270 g/mol. The van der Waals surface area contributed by atoms with Gasteiger partial charge in [0.2, 0.25) is 5.91 Å². The number of thiophene rings is 1. The molecule has 6 heteroatoms. The molecule has 0 saturated heterocycles. The van der Waals surface area contributed by atoms with E-state index in [1.807, 2.05) is 0 Å². The van der Waals surface area contributed by atoms with E-state index in [0.29, 0.717) is 10.9 Å². The van der Waals surface area contributed by atoms with Gasteiger partial charge in [-0.3, -0.25) is 9.59 Å². The van der Waals surface area contributed by atoms with E-state index in [4.69, 9.17) is 0 Å². The SMILES string of the molecule is CC(NC(=O)c1cc(S)cs1)C(=O)NC1CC1. The van der Waals surface area contributed by atoms with Gasteiger partial charge in [0, 0.05) is 16.3 Å². The zero-order valence-electron chi connectivity index (χ0n) is 9.40. The minimum absolute atomic E-state index is 0.122. The third-order valence-electron chi connectivity index (χ3n) is 2.47. The van der Waals surface area contributed by atoms with Crippen LogP contribution in [-0.4, -0.2) is 23.9 Å². The summed E-state index contributed by atoms with van der Waals surface area (Å²) < 4.78 is 0. The summed E-state index contributed by atoms with van der Waals surface area (Å²) in [6, 6.07) is 1.50. The van der Waals surface area contributed by atoms with Crippen LogP contribution in [0.25, 0.3) is 0 Å². The van der Waals surface area contributed by atoms with Gasteiger partial charge in [-0.1, -0.05) is 0 Å². The summed E-state index contributed by atoms with van der Waals surface area (Å²) in [7, 11) is 0. The molecular formula is C11H14N2O2S2. The van der Waals surface area contributed by atoms with Crippen LogP contribution in [-0.2, 0) is 4.79 Å². The zero-order chi connectivity index (χ0) is 12.4. The highest BCUT2D eigenvalue weighted by atomic mass is 32.1. The van der Waals surface area contributed by atoms with Crippen molar-refractivity contribution in [3.05, 3.63) is 16.3 Å². The second-order valence-corrected chi connectivity index (χ2v) is 5.57. The minimum Gasteiger partial charge on any atom is -0.352 e. The molecule has 1 unspecified atom stereocenters. The first-order valence-electron chi connectivity index (χ1n) is 5.45. The number of hydrogen-bond acceptors (Lipinski definition) is 4. The van der Waals surface area contributed by atoms with Gasteiger partial charge in [0.15, 0.2) is 0 Å². The summed E-state index contributed by atoms with van der Waals surface area (Å²) in [6.45, 7) is 1.69. The maximum absolute atomic E-state index is 11.8. The third kappa shape index (κ3) is 3.47. The summed E-state index contributed by atoms with van der Waals surface area (Å²) in [4.78, 5) is 24.7. The first kappa shape index (κ1) is 12.4. The van der Waals surface area contributed by atoms with Gasteiger partial charge >= 0.3 is 0 Å². The monoisotopic (exact) mass is 270 g/mol. The van der Waals surface area contributed by atoms with Crippen LogP contribution in [0.2, 0.25) is 0 Å². The van der Waals surface area contributed by atoms with Crippen LogP contribution in [0.5, 0.6) is 0 Å². The normalized spacial score (nSPS) is 16.4. The number of hydrogen-bond donors (Lipinski definition) is 3. The highest BCUT2D eigenvalue weighted by Gasteiger charge is 2.26. The summed E-state index contributed by atoms with van der Waals surface area (Å²) in [5.41, 5.74) is 0. The number of carbonyl (C=O) groups is 2. The molecule has 2 amide bonds. The molecule has 0 aromatic carbocycles. The van der Waals surface area contributed by atoms with Gasteiger partial charge in [-0.25, -0.2) is 0 Å². The minimum atomic E-state index is -0.506. The molecule has 0 aliphatic heterocycles. The molecule has 1 heterocycles. The van der Waals surface area contributed by atoms with Crippen LogP contribution >= 0.6 is 24.0 Å². The first-order valence-corrected chi connectivity index (χ1v) is 6.77. The second kappa shape index (κ2) is 5.10. The van der Waals surface area contributed by atoms with Gasteiger partial charge in [-0.05, 0) is 25.8 Å². The molecule has 2 N–H and O–H groups in total. The number of rotatable bonds is 4. The van der Waals surface area contributed by atoms with E-state index >= 15 is 0 Å². The van der Waals surface area contributed by atoms with Crippen molar-refractivity contribution >= 4 is 35.8 Å².